The minimum atomic E-state index is -0.544. The fraction of sp³-hybridized carbons (Fsp3) is 0.300. The first kappa shape index (κ1) is 18.0. The van der Waals surface area contributed by atoms with E-state index in [0.717, 1.165) is 0 Å². The molecule has 0 aliphatic carbocycles. The maximum Gasteiger partial charge on any atom is 0.257 e. The summed E-state index contributed by atoms with van der Waals surface area (Å²) < 4.78 is 28.3. The molecule has 1 fully saturated rings. The molecular weight excluding hydrogens is 338 g/mol. The second kappa shape index (κ2) is 7.23. The Morgan fingerprint density at radius 1 is 1.04 bits per heavy atom. The number of hydrogen-bond acceptors (Lipinski definition) is 3. The molecule has 4 nitrogen and oxygen atoms in total. The number of benzene rings is 2. The number of nitrogens with zero attached hydrogens (tertiary/aromatic N) is 2. The molecule has 0 spiro atoms. The number of anilines is 1. The molecule has 1 saturated heterocycles. The van der Waals surface area contributed by atoms with Gasteiger partial charge in [-0.25, -0.2) is 8.78 Å². The minimum Gasteiger partial charge on any atom is -0.365 e. The Hall–Kier alpha value is -2.76. The van der Waals surface area contributed by atoms with Gasteiger partial charge in [-0.2, -0.15) is 0 Å². The van der Waals surface area contributed by atoms with Gasteiger partial charge in [-0.1, -0.05) is 12.1 Å². The van der Waals surface area contributed by atoms with Gasteiger partial charge in [0.2, 0.25) is 0 Å². The molecule has 0 radical (unpaired) electrons. The maximum atomic E-state index is 14.4. The highest BCUT2D eigenvalue weighted by Gasteiger charge is 2.30. The molecule has 6 heteroatoms. The fourth-order valence-electron chi connectivity index (χ4n) is 3.25. The first-order valence-corrected chi connectivity index (χ1v) is 8.49. The van der Waals surface area contributed by atoms with E-state index in [4.69, 9.17) is 0 Å². The summed E-state index contributed by atoms with van der Waals surface area (Å²) in [5.41, 5.74) is 0.775. The number of carbonyl (C=O) groups excluding carboxylic acids is 2. The third-order valence-electron chi connectivity index (χ3n) is 4.69. The summed E-state index contributed by atoms with van der Waals surface area (Å²) >= 11 is 0. The fourth-order valence-corrected chi connectivity index (χ4v) is 3.25. The lowest BCUT2D eigenvalue weighted by Gasteiger charge is -2.41. The third kappa shape index (κ3) is 3.45. The van der Waals surface area contributed by atoms with Crippen molar-refractivity contribution in [1.29, 1.82) is 0 Å². The number of Topliss-reactive ketones (excluding diaryl/α,β-unsaturated/α-hetero) is 1. The number of rotatable bonds is 3. The van der Waals surface area contributed by atoms with Crippen LogP contribution in [0.1, 0.15) is 34.6 Å². The van der Waals surface area contributed by atoms with Crippen LogP contribution >= 0.6 is 0 Å². The zero-order valence-corrected chi connectivity index (χ0v) is 14.7. The van der Waals surface area contributed by atoms with Crippen molar-refractivity contribution in [3.63, 3.8) is 0 Å². The van der Waals surface area contributed by atoms with Crippen molar-refractivity contribution in [2.75, 3.05) is 24.5 Å². The molecule has 1 atom stereocenters. The molecule has 26 heavy (non-hydrogen) atoms. The smallest absolute Gasteiger partial charge is 0.257 e. The Balaban J connectivity index is 1.76. The number of halogens is 2. The van der Waals surface area contributed by atoms with Gasteiger partial charge in [-0.15, -0.1) is 0 Å². The zero-order chi connectivity index (χ0) is 18.8. The van der Waals surface area contributed by atoms with Crippen molar-refractivity contribution in [3.8, 4) is 0 Å². The third-order valence-corrected chi connectivity index (χ3v) is 4.69. The average molecular weight is 358 g/mol. The van der Waals surface area contributed by atoms with Gasteiger partial charge in [0, 0.05) is 31.2 Å². The van der Waals surface area contributed by atoms with Crippen molar-refractivity contribution in [3.05, 3.63) is 65.2 Å². The highest BCUT2D eigenvalue weighted by atomic mass is 19.1. The summed E-state index contributed by atoms with van der Waals surface area (Å²) in [7, 11) is 0. The van der Waals surface area contributed by atoms with Crippen LogP contribution < -0.4 is 4.90 Å². The summed E-state index contributed by atoms with van der Waals surface area (Å²) in [5.74, 6) is -1.55. The molecule has 2 aromatic rings. The molecular formula is C20H20F2N2O2. The van der Waals surface area contributed by atoms with Gasteiger partial charge in [0.1, 0.15) is 11.6 Å². The molecule has 0 bridgehead atoms. The SMILES string of the molecule is CC(=O)c1ccc(N2CCN(C(=O)c3ccccc3F)[C@H](C)C2)c(F)c1. The summed E-state index contributed by atoms with van der Waals surface area (Å²) in [5, 5.41) is 0. The van der Waals surface area contributed by atoms with E-state index in [2.05, 4.69) is 0 Å². The van der Waals surface area contributed by atoms with E-state index in [1.165, 1.54) is 25.1 Å². The maximum absolute atomic E-state index is 14.4. The topological polar surface area (TPSA) is 40.6 Å². The summed E-state index contributed by atoms with van der Waals surface area (Å²) in [6.07, 6.45) is 0. The molecule has 1 amide bonds. The van der Waals surface area contributed by atoms with Gasteiger partial charge in [0.25, 0.3) is 5.91 Å². The Kier molecular flexibility index (Phi) is 5.02. The first-order valence-electron chi connectivity index (χ1n) is 8.49. The van der Waals surface area contributed by atoms with E-state index in [1.54, 1.807) is 29.2 Å². The van der Waals surface area contributed by atoms with Crippen LogP contribution in [0.2, 0.25) is 0 Å². The lowest BCUT2D eigenvalue weighted by Crippen LogP contribution is -2.54. The minimum absolute atomic E-state index is 0.0461. The summed E-state index contributed by atoms with van der Waals surface area (Å²) in [6.45, 7) is 4.47. The van der Waals surface area contributed by atoms with E-state index in [1.807, 2.05) is 11.8 Å². The van der Waals surface area contributed by atoms with E-state index in [0.29, 0.717) is 30.9 Å². The van der Waals surface area contributed by atoms with Crippen molar-refractivity contribution >= 4 is 17.4 Å². The molecule has 1 aliphatic rings. The van der Waals surface area contributed by atoms with Crippen LogP contribution in [0.4, 0.5) is 14.5 Å². The Bertz CT molecular complexity index is 853. The van der Waals surface area contributed by atoms with Crippen LogP contribution in [0.15, 0.2) is 42.5 Å². The van der Waals surface area contributed by atoms with E-state index in [9.17, 15) is 18.4 Å². The van der Waals surface area contributed by atoms with E-state index < -0.39 is 11.6 Å². The largest absolute Gasteiger partial charge is 0.365 e. The molecule has 2 aromatic carbocycles. The second-order valence-electron chi connectivity index (χ2n) is 6.50. The predicted molar refractivity (Wildman–Crippen MR) is 95.5 cm³/mol. The zero-order valence-electron chi connectivity index (χ0n) is 14.7. The standard InChI is InChI=1S/C20H20F2N2O2/c1-13-12-23(19-8-7-15(14(2)25)11-18(19)22)9-10-24(13)20(26)16-5-3-4-6-17(16)21/h3-8,11,13H,9-10,12H2,1-2H3/t13-/m1/s1. The monoisotopic (exact) mass is 358 g/mol. The molecule has 0 saturated carbocycles. The predicted octanol–water partition coefficient (Wildman–Crippen LogP) is 3.52. The quantitative estimate of drug-likeness (QED) is 0.789. The number of piperazine rings is 1. The van der Waals surface area contributed by atoms with Crippen LogP contribution in [0.3, 0.4) is 0 Å². The molecule has 0 aromatic heterocycles. The highest BCUT2D eigenvalue weighted by Crippen LogP contribution is 2.25. The average Bonchev–Trinajstić information content (AvgIpc) is 2.61. The Morgan fingerprint density at radius 3 is 2.38 bits per heavy atom. The van der Waals surface area contributed by atoms with Gasteiger partial charge in [0.05, 0.1) is 11.3 Å². The van der Waals surface area contributed by atoms with Crippen LogP contribution in [-0.4, -0.2) is 42.3 Å². The lowest BCUT2D eigenvalue weighted by molar-refractivity contribution is 0.0669. The van der Waals surface area contributed by atoms with Crippen LogP contribution in [-0.2, 0) is 0 Å². The number of amides is 1. The van der Waals surface area contributed by atoms with Crippen molar-refractivity contribution in [2.45, 2.75) is 19.9 Å². The van der Waals surface area contributed by atoms with Crippen LogP contribution in [0, 0.1) is 11.6 Å². The van der Waals surface area contributed by atoms with E-state index in [-0.39, 0.29) is 23.3 Å². The Labute approximate surface area is 151 Å². The lowest BCUT2D eigenvalue weighted by atomic mass is 10.1. The normalized spacial score (nSPS) is 17.3. The van der Waals surface area contributed by atoms with Gasteiger partial charge in [-0.05, 0) is 44.2 Å². The Morgan fingerprint density at radius 2 is 1.77 bits per heavy atom. The molecule has 1 heterocycles. The van der Waals surface area contributed by atoms with Crippen molar-refractivity contribution < 1.29 is 18.4 Å². The van der Waals surface area contributed by atoms with Gasteiger partial charge in [-0.3, -0.25) is 9.59 Å². The molecule has 0 N–H and O–H groups in total. The number of hydrogen-bond donors (Lipinski definition) is 0. The van der Waals surface area contributed by atoms with Gasteiger partial charge >= 0.3 is 0 Å². The van der Waals surface area contributed by atoms with Gasteiger partial charge in [0.15, 0.2) is 5.78 Å². The molecule has 1 aliphatic heterocycles. The molecule has 0 unspecified atom stereocenters. The van der Waals surface area contributed by atoms with Crippen molar-refractivity contribution in [2.24, 2.45) is 0 Å². The van der Waals surface area contributed by atoms with Crippen LogP contribution in [0.25, 0.3) is 0 Å². The number of carbonyl (C=O) groups is 2. The summed E-state index contributed by atoms with van der Waals surface area (Å²) in [6, 6.07) is 10.1. The van der Waals surface area contributed by atoms with Crippen molar-refractivity contribution in [1.82, 2.24) is 4.90 Å². The first-order chi connectivity index (χ1) is 12.4. The molecule has 3 rings (SSSR count). The van der Waals surface area contributed by atoms with Gasteiger partial charge < -0.3 is 9.80 Å². The molecule has 136 valence electrons. The highest BCUT2D eigenvalue weighted by molar-refractivity contribution is 5.95. The summed E-state index contributed by atoms with van der Waals surface area (Å²) in [4.78, 5) is 27.4. The number of ketones is 1. The van der Waals surface area contributed by atoms with E-state index >= 15 is 0 Å². The van der Waals surface area contributed by atoms with Crippen LogP contribution in [0.5, 0.6) is 0 Å². The second-order valence-corrected chi connectivity index (χ2v) is 6.50.